The maximum absolute atomic E-state index is 13.1. The van der Waals surface area contributed by atoms with E-state index in [9.17, 15) is 9.59 Å². The minimum absolute atomic E-state index is 0.0857. The van der Waals surface area contributed by atoms with Crippen LogP contribution in [0.3, 0.4) is 0 Å². The number of hydrogen-bond donors (Lipinski definition) is 2. The lowest BCUT2D eigenvalue weighted by molar-refractivity contribution is -0.121. The molecular formula is C26H29N3O2. The van der Waals surface area contributed by atoms with Crippen LogP contribution in [0.5, 0.6) is 0 Å². The van der Waals surface area contributed by atoms with Crippen molar-refractivity contribution in [2.24, 2.45) is 0 Å². The Morgan fingerprint density at radius 3 is 2.26 bits per heavy atom. The number of hydrogen-bond acceptors (Lipinski definition) is 2. The molecule has 0 bridgehead atoms. The molecule has 5 nitrogen and oxygen atoms in total. The third-order valence-electron chi connectivity index (χ3n) is 5.19. The number of urea groups is 1. The highest BCUT2D eigenvalue weighted by Gasteiger charge is 2.22. The zero-order valence-corrected chi connectivity index (χ0v) is 18.0. The largest absolute Gasteiger partial charge is 0.352 e. The van der Waals surface area contributed by atoms with Gasteiger partial charge in [-0.05, 0) is 42.7 Å². The van der Waals surface area contributed by atoms with Gasteiger partial charge in [-0.3, -0.25) is 4.79 Å². The minimum atomic E-state index is -0.224. The van der Waals surface area contributed by atoms with Crippen LogP contribution in [0.4, 0.5) is 10.5 Å². The summed E-state index contributed by atoms with van der Waals surface area (Å²) in [5.74, 6) is -0.0857. The lowest BCUT2D eigenvalue weighted by Gasteiger charge is -2.30. The van der Waals surface area contributed by atoms with Gasteiger partial charge in [-0.2, -0.15) is 0 Å². The van der Waals surface area contributed by atoms with Gasteiger partial charge in [-0.25, -0.2) is 4.79 Å². The monoisotopic (exact) mass is 415 g/mol. The van der Waals surface area contributed by atoms with Gasteiger partial charge in [0.15, 0.2) is 0 Å². The van der Waals surface area contributed by atoms with Gasteiger partial charge in [0, 0.05) is 25.2 Å². The molecule has 3 aromatic carbocycles. The van der Waals surface area contributed by atoms with E-state index in [1.807, 2.05) is 98.8 Å². The van der Waals surface area contributed by atoms with Crippen molar-refractivity contribution in [2.45, 2.75) is 32.9 Å². The summed E-state index contributed by atoms with van der Waals surface area (Å²) < 4.78 is 0. The fraction of sp³-hybridized carbons (Fsp3) is 0.231. The van der Waals surface area contributed by atoms with E-state index in [1.165, 1.54) is 0 Å². The molecular weight excluding hydrogens is 386 g/mol. The van der Waals surface area contributed by atoms with Gasteiger partial charge in [0.1, 0.15) is 0 Å². The molecule has 1 atom stereocenters. The van der Waals surface area contributed by atoms with E-state index in [1.54, 1.807) is 4.90 Å². The minimum Gasteiger partial charge on any atom is -0.352 e. The van der Waals surface area contributed by atoms with E-state index in [2.05, 4.69) is 10.6 Å². The summed E-state index contributed by atoms with van der Waals surface area (Å²) >= 11 is 0. The summed E-state index contributed by atoms with van der Waals surface area (Å²) in [5, 5.41) is 5.90. The van der Waals surface area contributed by atoms with Crippen molar-refractivity contribution in [3.05, 3.63) is 102 Å². The highest BCUT2D eigenvalue weighted by atomic mass is 16.2. The van der Waals surface area contributed by atoms with Crippen LogP contribution in [0.15, 0.2) is 84.9 Å². The molecule has 3 rings (SSSR count). The standard InChI is InChI=1S/C26H29N3O2/c1-20-10-9-15-24(18-20)28-26(31)29(21(2)23-13-7-4-8-14-23)17-16-25(30)27-19-22-11-5-3-6-12-22/h3-15,18,21H,16-17,19H2,1-2H3,(H,27,30)(H,28,31)/t21-/m1/s1. The van der Waals surface area contributed by atoms with Crippen LogP contribution in [-0.2, 0) is 11.3 Å². The Balaban J connectivity index is 1.66. The Hall–Kier alpha value is -3.60. The van der Waals surface area contributed by atoms with Crippen molar-refractivity contribution < 1.29 is 9.59 Å². The quantitative estimate of drug-likeness (QED) is 0.525. The first-order chi connectivity index (χ1) is 15.0. The first-order valence-electron chi connectivity index (χ1n) is 10.5. The van der Waals surface area contributed by atoms with Gasteiger partial charge in [0.2, 0.25) is 5.91 Å². The lowest BCUT2D eigenvalue weighted by Crippen LogP contribution is -2.39. The number of aryl methyl sites for hydroxylation is 1. The van der Waals surface area contributed by atoms with Crippen LogP contribution >= 0.6 is 0 Å². The normalized spacial score (nSPS) is 11.4. The van der Waals surface area contributed by atoms with E-state index >= 15 is 0 Å². The van der Waals surface area contributed by atoms with Gasteiger partial charge in [-0.15, -0.1) is 0 Å². The number of amides is 3. The van der Waals surface area contributed by atoms with Crippen LogP contribution in [0.1, 0.15) is 36.1 Å². The topological polar surface area (TPSA) is 61.4 Å². The highest BCUT2D eigenvalue weighted by Crippen LogP contribution is 2.22. The molecule has 0 aliphatic rings. The Bertz CT molecular complexity index is 990. The fourth-order valence-corrected chi connectivity index (χ4v) is 3.41. The summed E-state index contributed by atoms with van der Waals surface area (Å²) in [6.45, 7) is 4.75. The smallest absolute Gasteiger partial charge is 0.322 e. The Kier molecular flexibility index (Phi) is 7.82. The van der Waals surface area contributed by atoms with E-state index in [0.29, 0.717) is 13.1 Å². The zero-order chi connectivity index (χ0) is 22.1. The molecule has 0 saturated heterocycles. The molecule has 0 aliphatic heterocycles. The third-order valence-corrected chi connectivity index (χ3v) is 5.19. The molecule has 0 heterocycles. The molecule has 0 saturated carbocycles. The first kappa shape index (κ1) is 22.1. The van der Waals surface area contributed by atoms with Crippen LogP contribution in [0, 0.1) is 6.92 Å². The van der Waals surface area contributed by atoms with Crippen LogP contribution < -0.4 is 10.6 Å². The van der Waals surface area contributed by atoms with Crippen LogP contribution in [-0.4, -0.2) is 23.4 Å². The molecule has 3 amide bonds. The van der Waals surface area contributed by atoms with Crippen molar-refractivity contribution >= 4 is 17.6 Å². The van der Waals surface area contributed by atoms with Crippen molar-refractivity contribution in [1.29, 1.82) is 0 Å². The van der Waals surface area contributed by atoms with Crippen molar-refractivity contribution in [1.82, 2.24) is 10.2 Å². The maximum Gasteiger partial charge on any atom is 0.322 e. The Morgan fingerprint density at radius 2 is 1.58 bits per heavy atom. The number of carbonyl (C=O) groups excluding carboxylic acids is 2. The second-order valence-electron chi connectivity index (χ2n) is 7.59. The third kappa shape index (κ3) is 6.71. The lowest BCUT2D eigenvalue weighted by atomic mass is 10.1. The molecule has 2 N–H and O–H groups in total. The number of carbonyl (C=O) groups is 2. The zero-order valence-electron chi connectivity index (χ0n) is 18.0. The number of anilines is 1. The highest BCUT2D eigenvalue weighted by molar-refractivity contribution is 5.90. The van der Waals surface area contributed by atoms with Crippen molar-refractivity contribution in [3.8, 4) is 0 Å². The molecule has 160 valence electrons. The predicted octanol–water partition coefficient (Wildman–Crippen LogP) is 5.30. The van der Waals surface area contributed by atoms with Gasteiger partial charge in [0.05, 0.1) is 6.04 Å². The molecule has 0 radical (unpaired) electrons. The SMILES string of the molecule is Cc1cccc(NC(=O)N(CCC(=O)NCc2ccccc2)[C@H](C)c2ccccc2)c1. The van der Waals surface area contributed by atoms with E-state index in [-0.39, 0.29) is 24.4 Å². The van der Waals surface area contributed by atoms with E-state index in [4.69, 9.17) is 0 Å². The Morgan fingerprint density at radius 1 is 0.903 bits per heavy atom. The summed E-state index contributed by atoms with van der Waals surface area (Å²) in [5.41, 5.74) is 3.87. The fourth-order valence-electron chi connectivity index (χ4n) is 3.41. The van der Waals surface area contributed by atoms with E-state index < -0.39 is 0 Å². The molecule has 0 fully saturated rings. The van der Waals surface area contributed by atoms with Crippen LogP contribution in [0.2, 0.25) is 0 Å². The second-order valence-corrected chi connectivity index (χ2v) is 7.59. The molecule has 0 aromatic heterocycles. The summed E-state index contributed by atoms with van der Waals surface area (Å²) in [6, 6.07) is 26.9. The molecule has 5 heteroatoms. The van der Waals surface area contributed by atoms with Gasteiger partial charge in [-0.1, -0.05) is 72.8 Å². The Labute approximate surface area is 184 Å². The summed E-state index contributed by atoms with van der Waals surface area (Å²) in [6.07, 6.45) is 0.227. The van der Waals surface area contributed by atoms with Gasteiger partial charge < -0.3 is 15.5 Å². The number of rotatable bonds is 8. The maximum atomic E-state index is 13.1. The molecule has 0 spiro atoms. The molecule has 0 aliphatic carbocycles. The molecule has 0 unspecified atom stereocenters. The second kappa shape index (κ2) is 11.0. The van der Waals surface area contributed by atoms with Gasteiger partial charge in [0.25, 0.3) is 0 Å². The molecule has 3 aromatic rings. The first-order valence-corrected chi connectivity index (χ1v) is 10.5. The predicted molar refractivity (Wildman–Crippen MR) is 125 cm³/mol. The van der Waals surface area contributed by atoms with Crippen LogP contribution in [0.25, 0.3) is 0 Å². The molecule has 31 heavy (non-hydrogen) atoms. The van der Waals surface area contributed by atoms with Gasteiger partial charge >= 0.3 is 6.03 Å². The van der Waals surface area contributed by atoms with Crippen molar-refractivity contribution in [3.63, 3.8) is 0 Å². The van der Waals surface area contributed by atoms with E-state index in [0.717, 1.165) is 22.4 Å². The summed E-state index contributed by atoms with van der Waals surface area (Å²) in [4.78, 5) is 27.3. The average molecular weight is 416 g/mol. The summed E-state index contributed by atoms with van der Waals surface area (Å²) in [7, 11) is 0. The van der Waals surface area contributed by atoms with Crippen molar-refractivity contribution in [2.75, 3.05) is 11.9 Å². The number of nitrogens with zero attached hydrogens (tertiary/aromatic N) is 1. The number of nitrogens with one attached hydrogen (secondary N) is 2. The number of benzene rings is 3. The average Bonchev–Trinajstić information content (AvgIpc) is 2.79.